The van der Waals surface area contributed by atoms with E-state index in [1.165, 1.54) is 28.0 Å². The molecule has 1 aromatic carbocycles. The Morgan fingerprint density at radius 2 is 1.96 bits per heavy atom. The van der Waals surface area contributed by atoms with E-state index in [0.29, 0.717) is 10.9 Å². The van der Waals surface area contributed by atoms with E-state index >= 15 is 0 Å². The van der Waals surface area contributed by atoms with Crippen LogP contribution in [0.3, 0.4) is 0 Å². The fourth-order valence-electron chi connectivity index (χ4n) is 2.08. The van der Waals surface area contributed by atoms with Crippen LogP contribution in [0, 0.1) is 13.8 Å². The molecule has 0 saturated carbocycles. The van der Waals surface area contributed by atoms with Crippen molar-refractivity contribution < 1.29 is 4.79 Å². The number of thioether (sulfide) groups is 2. The second kappa shape index (κ2) is 9.30. The van der Waals surface area contributed by atoms with Crippen LogP contribution in [0.5, 0.6) is 0 Å². The molecule has 23 heavy (non-hydrogen) atoms. The second-order valence-electron chi connectivity index (χ2n) is 5.26. The summed E-state index contributed by atoms with van der Waals surface area (Å²) in [6, 6.07) is 6.49. The summed E-state index contributed by atoms with van der Waals surface area (Å²) in [7, 11) is 0. The molecule has 0 aliphatic heterocycles. The average Bonchev–Trinajstić information content (AvgIpc) is 2.91. The van der Waals surface area contributed by atoms with E-state index in [2.05, 4.69) is 54.5 Å². The molecule has 2 rings (SSSR count). The van der Waals surface area contributed by atoms with E-state index in [1.807, 2.05) is 0 Å². The minimum Gasteiger partial charge on any atom is -0.300 e. The molecule has 1 amide bonds. The minimum atomic E-state index is -0.0254. The molecular formula is C16H21N3OS3. The first kappa shape index (κ1) is 18.3. The van der Waals surface area contributed by atoms with Crippen LogP contribution >= 0.6 is 34.9 Å². The predicted octanol–water partition coefficient (Wildman–Crippen LogP) is 4.53. The molecule has 7 heteroatoms. The van der Waals surface area contributed by atoms with Gasteiger partial charge in [-0.2, -0.15) is 0 Å². The van der Waals surface area contributed by atoms with Gasteiger partial charge in [-0.25, -0.2) is 0 Å². The van der Waals surface area contributed by atoms with Crippen molar-refractivity contribution in [1.82, 2.24) is 10.2 Å². The lowest BCUT2D eigenvalue weighted by atomic mass is 10.1. The van der Waals surface area contributed by atoms with Crippen molar-refractivity contribution in [3.63, 3.8) is 0 Å². The van der Waals surface area contributed by atoms with Gasteiger partial charge in [0, 0.05) is 11.5 Å². The van der Waals surface area contributed by atoms with Crippen LogP contribution in [-0.2, 0) is 10.5 Å². The molecule has 0 bridgehead atoms. The van der Waals surface area contributed by atoms with E-state index in [4.69, 9.17) is 0 Å². The molecule has 0 fully saturated rings. The van der Waals surface area contributed by atoms with Crippen molar-refractivity contribution in [3.05, 3.63) is 34.9 Å². The Kier molecular flexibility index (Phi) is 7.39. The zero-order valence-electron chi connectivity index (χ0n) is 13.6. The topological polar surface area (TPSA) is 54.9 Å². The molecule has 1 heterocycles. The molecule has 0 unspecified atom stereocenters. The summed E-state index contributed by atoms with van der Waals surface area (Å²) in [6.45, 7) is 6.32. The first-order valence-electron chi connectivity index (χ1n) is 7.48. The molecule has 0 aliphatic carbocycles. The Morgan fingerprint density at radius 3 is 2.65 bits per heavy atom. The highest BCUT2D eigenvalue weighted by atomic mass is 32.2. The summed E-state index contributed by atoms with van der Waals surface area (Å²) in [6.07, 6.45) is 1.10. The van der Waals surface area contributed by atoms with Gasteiger partial charge in [0.1, 0.15) is 0 Å². The number of nitrogens with one attached hydrogen (secondary N) is 1. The van der Waals surface area contributed by atoms with Crippen LogP contribution < -0.4 is 5.32 Å². The third-order valence-corrected chi connectivity index (χ3v) is 6.05. The fourth-order valence-corrected chi connectivity index (χ4v) is 4.53. The summed E-state index contributed by atoms with van der Waals surface area (Å²) in [5.74, 6) is 2.25. The Morgan fingerprint density at radius 1 is 1.22 bits per heavy atom. The second-order valence-corrected chi connectivity index (χ2v) is 8.56. The maximum absolute atomic E-state index is 12.0. The Labute approximate surface area is 149 Å². The number of hydrogen-bond acceptors (Lipinski definition) is 6. The van der Waals surface area contributed by atoms with Gasteiger partial charge in [0.05, 0.1) is 5.75 Å². The van der Waals surface area contributed by atoms with Crippen molar-refractivity contribution in [2.24, 2.45) is 0 Å². The Hall–Kier alpha value is -1.05. The minimum absolute atomic E-state index is 0.0254. The van der Waals surface area contributed by atoms with Crippen LogP contribution in [0.25, 0.3) is 0 Å². The number of nitrogens with zero attached hydrogens (tertiary/aromatic N) is 2. The van der Waals surface area contributed by atoms with Crippen LogP contribution in [-0.4, -0.2) is 27.6 Å². The summed E-state index contributed by atoms with van der Waals surface area (Å²) < 4.78 is 0.907. The standard InChI is InChI=1S/C16H21N3OS3/c1-4-5-22-16-19-18-15(23-16)17-14(20)10-21-9-13-7-11(2)6-12(3)8-13/h6-8H,4-5,9-10H2,1-3H3,(H,17,18,20). The quantitative estimate of drug-likeness (QED) is 0.549. The fraction of sp³-hybridized carbons (Fsp3) is 0.438. The van der Waals surface area contributed by atoms with Gasteiger partial charge in [-0.3, -0.25) is 10.1 Å². The molecule has 0 aliphatic rings. The highest BCUT2D eigenvalue weighted by Crippen LogP contribution is 2.26. The van der Waals surface area contributed by atoms with Crippen LogP contribution in [0.1, 0.15) is 30.0 Å². The average molecular weight is 368 g/mol. The first-order chi connectivity index (χ1) is 11.1. The lowest BCUT2D eigenvalue weighted by Crippen LogP contribution is -2.14. The van der Waals surface area contributed by atoms with Crippen molar-refractivity contribution in [2.45, 2.75) is 37.3 Å². The Bertz CT molecular complexity index is 638. The molecule has 4 nitrogen and oxygen atoms in total. The number of aryl methyl sites for hydroxylation is 2. The van der Waals surface area contributed by atoms with E-state index in [0.717, 1.165) is 22.3 Å². The molecule has 124 valence electrons. The summed E-state index contributed by atoms with van der Waals surface area (Å²) in [5.41, 5.74) is 3.78. The van der Waals surface area contributed by atoms with Gasteiger partial charge < -0.3 is 0 Å². The van der Waals surface area contributed by atoms with Crippen molar-refractivity contribution in [1.29, 1.82) is 0 Å². The number of amides is 1. The third-order valence-electron chi connectivity index (χ3n) is 2.87. The molecule has 0 atom stereocenters. The molecule has 0 saturated heterocycles. The highest BCUT2D eigenvalue weighted by Gasteiger charge is 2.08. The van der Waals surface area contributed by atoms with E-state index in [1.54, 1.807) is 23.5 Å². The summed E-state index contributed by atoms with van der Waals surface area (Å²) in [5, 5.41) is 11.5. The molecule has 1 aromatic heterocycles. The van der Waals surface area contributed by atoms with Gasteiger partial charge in [0.25, 0.3) is 0 Å². The monoisotopic (exact) mass is 367 g/mol. The van der Waals surface area contributed by atoms with Crippen molar-refractivity contribution in [2.75, 3.05) is 16.8 Å². The van der Waals surface area contributed by atoms with Crippen LogP contribution in [0.15, 0.2) is 22.5 Å². The number of hydrogen-bond donors (Lipinski definition) is 1. The van der Waals surface area contributed by atoms with Gasteiger partial charge >= 0.3 is 0 Å². The van der Waals surface area contributed by atoms with Gasteiger partial charge in [-0.05, 0) is 25.8 Å². The number of anilines is 1. The molecule has 0 radical (unpaired) electrons. The normalized spacial score (nSPS) is 10.7. The smallest absolute Gasteiger partial charge is 0.236 e. The first-order valence-corrected chi connectivity index (χ1v) is 10.4. The molecule has 0 spiro atoms. The van der Waals surface area contributed by atoms with Crippen molar-refractivity contribution in [3.8, 4) is 0 Å². The SMILES string of the molecule is CCCSc1nnc(NC(=O)CSCc2cc(C)cc(C)c2)s1. The number of benzene rings is 1. The lowest BCUT2D eigenvalue weighted by molar-refractivity contribution is -0.113. The van der Waals surface area contributed by atoms with E-state index in [-0.39, 0.29) is 5.91 Å². The van der Waals surface area contributed by atoms with Gasteiger partial charge in [-0.1, -0.05) is 59.3 Å². The zero-order chi connectivity index (χ0) is 16.7. The molecule has 2 aromatic rings. The molecule has 1 N–H and O–H groups in total. The van der Waals surface area contributed by atoms with E-state index < -0.39 is 0 Å². The Balaban J connectivity index is 1.75. The van der Waals surface area contributed by atoms with E-state index in [9.17, 15) is 4.79 Å². The van der Waals surface area contributed by atoms with Gasteiger partial charge in [0.2, 0.25) is 11.0 Å². The summed E-state index contributed by atoms with van der Waals surface area (Å²) >= 11 is 4.72. The highest BCUT2D eigenvalue weighted by molar-refractivity contribution is 8.01. The number of aromatic nitrogens is 2. The molecular weight excluding hydrogens is 346 g/mol. The largest absolute Gasteiger partial charge is 0.300 e. The number of carbonyl (C=O) groups is 1. The maximum atomic E-state index is 12.0. The third kappa shape index (κ3) is 6.53. The number of rotatable bonds is 8. The predicted molar refractivity (Wildman–Crippen MR) is 102 cm³/mol. The van der Waals surface area contributed by atoms with Crippen LogP contribution in [0.4, 0.5) is 5.13 Å². The summed E-state index contributed by atoms with van der Waals surface area (Å²) in [4.78, 5) is 12.0. The van der Waals surface area contributed by atoms with Gasteiger partial charge in [0.15, 0.2) is 4.34 Å². The van der Waals surface area contributed by atoms with Gasteiger partial charge in [-0.15, -0.1) is 22.0 Å². The zero-order valence-corrected chi connectivity index (χ0v) is 16.0. The lowest BCUT2D eigenvalue weighted by Gasteiger charge is -2.05. The van der Waals surface area contributed by atoms with Crippen molar-refractivity contribution >= 4 is 45.9 Å². The van der Waals surface area contributed by atoms with Crippen LogP contribution in [0.2, 0.25) is 0 Å². The maximum Gasteiger partial charge on any atom is 0.236 e. The number of carbonyl (C=O) groups excluding carboxylic acids is 1.